The molecule has 1 aromatic heterocycles. The zero-order valence-corrected chi connectivity index (χ0v) is 26.0. The smallest absolute Gasteiger partial charge is 0.158 e. The summed E-state index contributed by atoms with van der Waals surface area (Å²) in [6, 6.07) is 22.7. The van der Waals surface area contributed by atoms with Gasteiger partial charge in [0, 0.05) is 22.4 Å². The van der Waals surface area contributed by atoms with Gasteiger partial charge in [-0.3, -0.25) is 0 Å². The summed E-state index contributed by atoms with van der Waals surface area (Å²) in [7, 11) is 0. The molecule has 0 saturated carbocycles. The van der Waals surface area contributed by atoms with Gasteiger partial charge in [0.2, 0.25) is 0 Å². The normalized spacial score (nSPS) is 14.6. The first-order chi connectivity index (χ1) is 19.2. The highest BCUT2D eigenvalue weighted by atomic mass is 16.6. The standard InChI is InChI=1S/C37H51NO2/c1-8-12-14-28(11-4)36(39)40-26(5)29-16-19-31(20-17-29)38-34-21-15-27(10-3)24-32(34)33-25-30(18-22-35(33)38)37(6,7)23-13-9-2/h15-22,24-26,28,36,39H,8-14,23H2,1-7H3. The van der Waals surface area contributed by atoms with E-state index >= 15 is 0 Å². The molecule has 3 aromatic carbocycles. The molecule has 4 rings (SSSR count). The van der Waals surface area contributed by atoms with Gasteiger partial charge in [0.05, 0.1) is 17.1 Å². The third-order valence-corrected chi connectivity index (χ3v) is 8.99. The van der Waals surface area contributed by atoms with E-state index < -0.39 is 6.29 Å². The van der Waals surface area contributed by atoms with Gasteiger partial charge < -0.3 is 14.4 Å². The fourth-order valence-corrected chi connectivity index (χ4v) is 6.06. The van der Waals surface area contributed by atoms with E-state index in [4.69, 9.17) is 4.74 Å². The third-order valence-electron chi connectivity index (χ3n) is 8.99. The summed E-state index contributed by atoms with van der Waals surface area (Å²) in [5.41, 5.74) is 7.65. The molecule has 1 heterocycles. The van der Waals surface area contributed by atoms with Gasteiger partial charge >= 0.3 is 0 Å². The fourth-order valence-electron chi connectivity index (χ4n) is 6.06. The lowest BCUT2D eigenvalue weighted by molar-refractivity contribution is -0.165. The van der Waals surface area contributed by atoms with Crippen molar-refractivity contribution in [1.82, 2.24) is 4.57 Å². The maximum Gasteiger partial charge on any atom is 0.158 e. The molecule has 0 saturated heterocycles. The number of unbranched alkanes of at least 4 members (excludes halogenated alkanes) is 2. The lowest BCUT2D eigenvalue weighted by atomic mass is 9.80. The van der Waals surface area contributed by atoms with Gasteiger partial charge in [-0.25, -0.2) is 0 Å². The monoisotopic (exact) mass is 541 g/mol. The summed E-state index contributed by atoms with van der Waals surface area (Å²) < 4.78 is 8.50. The number of hydrogen-bond acceptors (Lipinski definition) is 2. The molecule has 3 nitrogen and oxygen atoms in total. The maximum atomic E-state index is 10.8. The Morgan fingerprint density at radius 2 is 1.48 bits per heavy atom. The van der Waals surface area contributed by atoms with E-state index in [1.54, 1.807) is 0 Å². The number of ether oxygens (including phenoxy) is 1. The Morgan fingerprint density at radius 3 is 2.10 bits per heavy atom. The molecule has 1 N–H and O–H groups in total. The Morgan fingerprint density at radius 1 is 0.825 bits per heavy atom. The van der Waals surface area contributed by atoms with Crippen LogP contribution in [-0.2, 0) is 16.6 Å². The summed E-state index contributed by atoms with van der Waals surface area (Å²) in [6.07, 6.45) is 7.99. The summed E-state index contributed by atoms with van der Waals surface area (Å²) >= 11 is 0. The first kappa shape index (κ1) is 30.3. The highest BCUT2D eigenvalue weighted by molar-refractivity contribution is 6.09. The molecule has 0 fully saturated rings. The number of rotatable bonds is 14. The van der Waals surface area contributed by atoms with Gasteiger partial charge in [0.1, 0.15) is 0 Å². The van der Waals surface area contributed by atoms with Crippen LogP contribution in [0.25, 0.3) is 27.5 Å². The quantitative estimate of drug-likeness (QED) is 0.161. The number of aliphatic hydroxyl groups excluding tert-OH is 1. The Kier molecular flexibility index (Phi) is 10.1. The second kappa shape index (κ2) is 13.4. The van der Waals surface area contributed by atoms with Crippen LogP contribution in [0, 0.1) is 5.92 Å². The molecular weight excluding hydrogens is 490 g/mol. The van der Waals surface area contributed by atoms with Gasteiger partial charge in [-0.1, -0.05) is 91.5 Å². The number of fused-ring (bicyclic) bond motifs is 3. The van der Waals surface area contributed by atoms with Crippen LogP contribution in [0.4, 0.5) is 0 Å². The van der Waals surface area contributed by atoms with Gasteiger partial charge in [-0.2, -0.15) is 0 Å². The van der Waals surface area contributed by atoms with E-state index in [1.165, 1.54) is 52.2 Å². The molecule has 216 valence electrons. The second-order valence-corrected chi connectivity index (χ2v) is 12.3. The van der Waals surface area contributed by atoms with Gasteiger partial charge in [0.15, 0.2) is 6.29 Å². The van der Waals surface area contributed by atoms with Crippen molar-refractivity contribution in [2.24, 2.45) is 5.92 Å². The van der Waals surface area contributed by atoms with Crippen molar-refractivity contribution in [3.05, 3.63) is 77.4 Å². The molecule has 0 radical (unpaired) electrons. The van der Waals surface area contributed by atoms with Crippen LogP contribution < -0.4 is 0 Å². The molecule has 3 unspecified atom stereocenters. The molecule has 3 heteroatoms. The zero-order chi connectivity index (χ0) is 28.9. The second-order valence-electron chi connectivity index (χ2n) is 12.3. The van der Waals surface area contributed by atoms with Crippen LogP contribution in [0.2, 0.25) is 0 Å². The van der Waals surface area contributed by atoms with Crippen molar-refractivity contribution in [3.63, 3.8) is 0 Å². The topological polar surface area (TPSA) is 34.4 Å². The van der Waals surface area contributed by atoms with Crippen molar-refractivity contribution < 1.29 is 9.84 Å². The van der Waals surface area contributed by atoms with E-state index in [1.807, 2.05) is 6.92 Å². The van der Waals surface area contributed by atoms with Crippen molar-refractivity contribution in [2.45, 2.75) is 118 Å². The number of aromatic nitrogens is 1. The molecule has 40 heavy (non-hydrogen) atoms. The van der Waals surface area contributed by atoms with Crippen molar-refractivity contribution >= 4 is 21.8 Å². The Bertz CT molecular complexity index is 1380. The molecule has 0 spiro atoms. The van der Waals surface area contributed by atoms with E-state index in [0.29, 0.717) is 0 Å². The van der Waals surface area contributed by atoms with E-state index in [9.17, 15) is 5.11 Å². The Balaban J connectivity index is 1.69. The first-order valence-electron chi connectivity index (χ1n) is 15.7. The third kappa shape index (κ3) is 6.47. The van der Waals surface area contributed by atoms with Crippen molar-refractivity contribution in [3.8, 4) is 5.69 Å². The Labute approximate surface area is 242 Å². The van der Waals surface area contributed by atoms with Crippen molar-refractivity contribution in [2.75, 3.05) is 0 Å². The minimum Gasteiger partial charge on any atom is -0.368 e. The SMILES string of the molecule is CCCCC(CC)C(O)OC(C)c1ccc(-n2c3ccc(CC)cc3c3cc(C(C)(C)CCCC)ccc32)cc1. The van der Waals surface area contributed by atoms with Crippen LogP contribution in [0.15, 0.2) is 60.7 Å². The minimum absolute atomic E-state index is 0.149. The summed E-state index contributed by atoms with van der Waals surface area (Å²) in [5.74, 6) is 0.184. The fraction of sp³-hybridized carbons (Fsp3) is 0.514. The van der Waals surface area contributed by atoms with E-state index in [-0.39, 0.29) is 17.4 Å². The number of aliphatic hydroxyl groups is 1. The molecule has 4 aromatic rings. The van der Waals surface area contributed by atoms with E-state index in [0.717, 1.165) is 43.4 Å². The zero-order valence-electron chi connectivity index (χ0n) is 26.0. The largest absolute Gasteiger partial charge is 0.368 e. The summed E-state index contributed by atoms with van der Waals surface area (Å²) in [4.78, 5) is 0. The van der Waals surface area contributed by atoms with Crippen LogP contribution >= 0.6 is 0 Å². The molecule has 0 bridgehead atoms. The molecule has 0 amide bonds. The summed E-state index contributed by atoms with van der Waals surface area (Å²) in [6.45, 7) is 15.6. The predicted octanol–water partition coefficient (Wildman–Crippen LogP) is 10.4. The lowest BCUT2D eigenvalue weighted by Crippen LogP contribution is -2.24. The summed E-state index contributed by atoms with van der Waals surface area (Å²) in [5, 5.41) is 13.4. The molecular formula is C37H51NO2. The highest BCUT2D eigenvalue weighted by Gasteiger charge is 2.23. The average molecular weight is 542 g/mol. The van der Waals surface area contributed by atoms with E-state index in [2.05, 4.69) is 107 Å². The van der Waals surface area contributed by atoms with Crippen LogP contribution in [0.3, 0.4) is 0 Å². The average Bonchev–Trinajstić information content (AvgIpc) is 3.29. The van der Waals surface area contributed by atoms with Gasteiger partial charge in [-0.05, 0) is 91.1 Å². The number of aryl methyl sites for hydroxylation is 1. The number of benzene rings is 3. The minimum atomic E-state index is -0.730. The van der Waals surface area contributed by atoms with Crippen LogP contribution in [0.1, 0.15) is 116 Å². The molecule has 0 aliphatic rings. The Hall–Kier alpha value is -2.62. The van der Waals surface area contributed by atoms with Crippen LogP contribution in [0.5, 0.6) is 0 Å². The number of nitrogens with zero attached hydrogens (tertiary/aromatic N) is 1. The molecule has 3 atom stereocenters. The van der Waals surface area contributed by atoms with Gasteiger partial charge in [-0.15, -0.1) is 0 Å². The highest BCUT2D eigenvalue weighted by Crippen LogP contribution is 2.37. The van der Waals surface area contributed by atoms with Gasteiger partial charge in [0.25, 0.3) is 0 Å². The maximum absolute atomic E-state index is 10.8. The molecule has 0 aliphatic heterocycles. The first-order valence-corrected chi connectivity index (χ1v) is 15.7. The lowest BCUT2D eigenvalue weighted by Gasteiger charge is -2.25. The van der Waals surface area contributed by atoms with Crippen LogP contribution in [-0.4, -0.2) is 16.0 Å². The molecule has 0 aliphatic carbocycles. The predicted molar refractivity (Wildman–Crippen MR) is 172 cm³/mol. The van der Waals surface area contributed by atoms with Crippen molar-refractivity contribution in [1.29, 1.82) is 0 Å². The number of hydrogen-bond donors (Lipinski definition) is 1.